The average Bonchev–Trinajstić information content (AvgIpc) is 3.21. The Labute approximate surface area is 175 Å². The van der Waals surface area contributed by atoms with Gasteiger partial charge in [0.05, 0.1) is 13.2 Å². The third kappa shape index (κ3) is 5.76. The van der Waals surface area contributed by atoms with Gasteiger partial charge >= 0.3 is 0 Å². The van der Waals surface area contributed by atoms with Crippen LogP contribution in [0.25, 0.3) is 11.0 Å². The van der Waals surface area contributed by atoms with Crippen molar-refractivity contribution in [3.8, 4) is 5.75 Å². The van der Waals surface area contributed by atoms with Crippen molar-refractivity contribution in [2.75, 3.05) is 46.5 Å². The van der Waals surface area contributed by atoms with Gasteiger partial charge in [-0.25, -0.2) is 4.63 Å². The summed E-state index contributed by atoms with van der Waals surface area (Å²) in [5, 5.41) is 18.0. The van der Waals surface area contributed by atoms with E-state index in [0.29, 0.717) is 6.54 Å². The van der Waals surface area contributed by atoms with E-state index in [1.807, 2.05) is 36.4 Å². The summed E-state index contributed by atoms with van der Waals surface area (Å²) >= 11 is 0. The van der Waals surface area contributed by atoms with Crippen LogP contribution in [-0.4, -0.2) is 77.8 Å². The van der Waals surface area contributed by atoms with Gasteiger partial charge in [0, 0.05) is 32.7 Å². The lowest BCUT2D eigenvalue weighted by molar-refractivity contribution is 0.00464. The van der Waals surface area contributed by atoms with E-state index in [2.05, 4.69) is 33.2 Å². The molecule has 0 amide bonds. The fourth-order valence-corrected chi connectivity index (χ4v) is 3.67. The first-order valence-corrected chi connectivity index (χ1v) is 10.3. The summed E-state index contributed by atoms with van der Waals surface area (Å²) in [6.45, 7) is 5.63. The molecule has 2 aromatic carbocycles. The van der Waals surface area contributed by atoms with E-state index in [9.17, 15) is 5.11 Å². The number of rotatable bonds is 9. The molecule has 1 aliphatic heterocycles. The lowest BCUT2D eigenvalue weighted by atomic mass is 10.1. The SMILES string of the molecule is CN(Cc1cccc(OC[C@H](O)CN2CCOCC2)c1)Cc1ccc2nonc2c1. The monoisotopic (exact) mass is 412 g/mol. The number of hydrogen-bond donors (Lipinski definition) is 1. The second kappa shape index (κ2) is 9.99. The predicted octanol–water partition coefficient (Wildman–Crippen LogP) is 1.93. The third-order valence-corrected chi connectivity index (χ3v) is 5.14. The van der Waals surface area contributed by atoms with Gasteiger partial charge in [0.2, 0.25) is 0 Å². The second-order valence-electron chi connectivity index (χ2n) is 7.78. The number of aliphatic hydroxyl groups excluding tert-OH is 1. The normalized spacial score (nSPS) is 16.2. The first kappa shape index (κ1) is 20.7. The van der Waals surface area contributed by atoms with Gasteiger partial charge in [0.25, 0.3) is 0 Å². The minimum atomic E-state index is -0.518. The van der Waals surface area contributed by atoms with Crippen LogP contribution in [0.5, 0.6) is 5.75 Å². The minimum Gasteiger partial charge on any atom is -0.491 e. The van der Waals surface area contributed by atoms with Gasteiger partial charge in [-0.05, 0) is 52.8 Å². The zero-order chi connectivity index (χ0) is 20.8. The molecule has 0 radical (unpaired) electrons. The van der Waals surface area contributed by atoms with Crippen LogP contribution in [0.1, 0.15) is 11.1 Å². The smallest absolute Gasteiger partial charge is 0.135 e. The lowest BCUT2D eigenvalue weighted by Gasteiger charge is -2.28. The molecule has 0 saturated carbocycles. The maximum Gasteiger partial charge on any atom is 0.135 e. The molecule has 2 heterocycles. The van der Waals surface area contributed by atoms with E-state index in [-0.39, 0.29) is 6.61 Å². The maximum atomic E-state index is 10.3. The number of aliphatic hydroxyl groups is 1. The summed E-state index contributed by atoms with van der Waals surface area (Å²) in [7, 11) is 2.07. The van der Waals surface area contributed by atoms with Crippen molar-refractivity contribution in [3.05, 3.63) is 53.6 Å². The van der Waals surface area contributed by atoms with Crippen LogP contribution >= 0.6 is 0 Å². The van der Waals surface area contributed by atoms with Crippen molar-refractivity contribution in [1.82, 2.24) is 20.1 Å². The van der Waals surface area contributed by atoms with Gasteiger partial charge in [-0.15, -0.1) is 0 Å². The first-order valence-electron chi connectivity index (χ1n) is 10.3. The number of nitrogens with zero attached hydrogens (tertiary/aromatic N) is 4. The molecular weight excluding hydrogens is 384 g/mol. The summed E-state index contributed by atoms with van der Waals surface area (Å²) in [6, 6.07) is 14.0. The first-order chi connectivity index (χ1) is 14.7. The van der Waals surface area contributed by atoms with Gasteiger partial charge in [0.15, 0.2) is 0 Å². The topological polar surface area (TPSA) is 84.1 Å². The molecule has 1 aliphatic rings. The number of β-amino-alcohol motifs (C(OH)–C–C–N with tert-alkyl or cyclic N) is 1. The fourth-order valence-electron chi connectivity index (χ4n) is 3.67. The average molecular weight is 412 g/mol. The largest absolute Gasteiger partial charge is 0.491 e. The molecular formula is C22H28N4O4. The van der Waals surface area contributed by atoms with Gasteiger partial charge in [-0.1, -0.05) is 18.2 Å². The van der Waals surface area contributed by atoms with Crippen molar-refractivity contribution >= 4 is 11.0 Å². The number of aromatic nitrogens is 2. The molecule has 4 rings (SSSR count). The molecule has 1 atom stereocenters. The summed E-state index contributed by atoms with van der Waals surface area (Å²) in [6.07, 6.45) is -0.518. The van der Waals surface area contributed by atoms with Crippen LogP contribution < -0.4 is 4.74 Å². The van der Waals surface area contributed by atoms with Crippen LogP contribution in [0, 0.1) is 0 Å². The maximum absolute atomic E-state index is 10.3. The van der Waals surface area contributed by atoms with Crippen molar-refractivity contribution in [1.29, 1.82) is 0 Å². The van der Waals surface area contributed by atoms with Gasteiger partial charge in [-0.3, -0.25) is 9.80 Å². The minimum absolute atomic E-state index is 0.280. The Kier molecular flexibility index (Phi) is 6.91. The quantitative estimate of drug-likeness (QED) is 0.571. The zero-order valence-corrected chi connectivity index (χ0v) is 17.2. The Balaban J connectivity index is 1.26. The molecule has 3 aromatic rings. The van der Waals surface area contributed by atoms with E-state index < -0.39 is 6.10 Å². The van der Waals surface area contributed by atoms with E-state index in [4.69, 9.17) is 14.1 Å². The molecule has 0 aliphatic carbocycles. The second-order valence-corrected chi connectivity index (χ2v) is 7.78. The highest BCUT2D eigenvalue weighted by molar-refractivity contribution is 5.73. The Morgan fingerprint density at radius 1 is 1.07 bits per heavy atom. The number of morpholine rings is 1. The molecule has 8 heteroatoms. The van der Waals surface area contributed by atoms with E-state index in [1.165, 1.54) is 0 Å². The van der Waals surface area contributed by atoms with Crippen molar-refractivity contribution in [2.45, 2.75) is 19.2 Å². The van der Waals surface area contributed by atoms with Gasteiger partial charge in [-0.2, -0.15) is 0 Å². The molecule has 0 spiro atoms. The molecule has 1 N–H and O–H groups in total. The molecule has 1 aromatic heterocycles. The van der Waals surface area contributed by atoms with E-state index >= 15 is 0 Å². The Bertz CT molecular complexity index is 942. The molecule has 1 saturated heterocycles. The highest BCUT2D eigenvalue weighted by atomic mass is 16.6. The van der Waals surface area contributed by atoms with Crippen LogP contribution in [0.2, 0.25) is 0 Å². The molecule has 0 unspecified atom stereocenters. The summed E-state index contributed by atoms with van der Waals surface area (Å²) < 4.78 is 15.9. The highest BCUT2D eigenvalue weighted by Gasteiger charge is 2.15. The van der Waals surface area contributed by atoms with E-state index in [0.717, 1.165) is 67.3 Å². The molecule has 160 valence electrons. The van der Waals surface area contributed by atoms with Crippen LogP contribution in [0.15, 0.2) is 47.1 Å². The molecule has 30 heavy (non-hydrogen) atoms. The van der Waals surface area contributed by atoms with E-state index in [1.54, 1.807) is 0 Å². The lowest BCUT2D eigenvalue weighted by Crippen LogP contribution is -2.42. The van der Waals surface area contributed by atoms with Crippen LogP contribution in [0.3, 0.4) is 0 Å². The summed E-state index contributed by atoms with van der Waals surface area (Å²) in [5.41, 5.74) is 3.84. The van der Waals surface area contributed by atoms with Crippen molar-refractivity contribution in [3.63, 3.8) is 0 Å². The molecule has 0 bridgehead atoms. The Morgan fingerprint density at radius 2 is 1.83 bits per heavy atom. The number of hydrogen-bond acceptors (Lipinski definition) is 8. The van der Waals surface area contributed by atoms with Crippen molar-refractivity contribution in [2.24, 2.45) is 0 Å². The van der Waals surface area contributed by atoms with Gasteiger partial charge < -0.3 is 14.6 Å². The zero-order valence-electron chi connectivity index (χ0n) is 17.2. The molecule has 8 nitrogen and oxygen atoms in total. The third-order valence-electron chi connectivity index (χ3n) is 5.14. The number of ether oxygens (including phenoxy) is 2. The molecule has 1 fully saturated rings. The fraction of sp³-hybridized carbons (Fsp3) is 0.455. The number of benzene rings is 2. The summed E-state index contributed by atoms with van der Waals surface area (Å²) in [5.74, 6) is 0.775. The summed E-state index contributed by atoms with van der Waals surface area (Å²) in [4.78, 5) is 4.43. The highest BCUT2D eigenvalue weighted by Crippen LogP contribution is 2.17. The van der Waals surface area contributed by atoms with Crippen molar-refractivity contribution < 1.29 is 19.2 Å². The van der Waals surface area contributed by atoms with Gasteiger partial charge in [0.1, 0.15) is 29.5 Å². The van der Waals surface area contributed by atoms with Crippen LogP contribution in [-0.2, 0) is 17.8 Å². The standard InChI is InChI=1S/C22H28N4O4/c1-25(14-18-5-6-21-22(12-18)24-30-23-21)13-17-3-2-4-20(11-17)29-16-19(27)15-26-7-9-28-10-8-26/h2-6,11-12,19,27H,7-10,13-16H2,1H3/t19-/m1/s1. The Morgan fingerprint density at radius 3 is 2.67 bits per heavy atom. The number of fused-ring (bicyclic) bond motifs is 1. The van der Waals surface area contributed by atoms with Crippen LogP contribution in [0.4, 0.5) is 0 Å². The Hall–Kier alpha value is -2.52. The predicted molar refractivity (Wildman–Crippen MR) is 112 cm³/mol.